The molecule has 20 heavy (non-hydrogen) atoms. The van der Waals surface area contributed by atoms with Gasteiger partial charge < -0.3 is 9.88 Å². The van der Waals surface area contributed by atoms with E-state index in [2.05, 4.69) is 4.98 Å². The van der Waals surface area contributed by atoms with Crippen LogP contribution in [-0.2, 0) is 0 Å². The van der Waals surface area contributed by atoms with Crippen LogP contribution in [-0.4, -0.2) is 35.6 Å². The Morgan fingerprint density at radius 3 is 2.70 bits per heavy atom. The van der Waals surface area contributed by atoms with Crippen molar-refractivity contribution >= 4 is 28.4 Å². The molecular weight excluding hydrogens is 293 g/mol. The van der Waals surface area contributed by atoms with Gasteiger partial charge in [-0.25, -0.2) is 0 Å². The van der Waals surface area contributed by atoms with E-state index in [0.29, 0.717) is 10.5 Å². The van der Waals surface area contributed by atoms with Crippen molar-refractivity contribution in [1.29, 1.82) is 0 Å². The van der Waals surface area contributed by atoms with Crippen molar-refractivity contribution in [2.45, 2.75) is 12.6 Å². The summed E-state index contributed by atoms with van der Waals surface area (Å²) < 4.78 is 36.4. The molecule has 1 N–H and O–H groups in total. The standard InChI is InChI=1S/C13H12ClF3N2O/c1-19(5-4-13(15,16)17)12(20)11-7-8-6-9(14)2-3-10(8)18-11/h2-3,6-7,18H,4-5H2,1H3. The third-order valence-corrected chi connectivity index (χ3v) is 3.13. The average molecular weight is 305 g/mol. The molecule has 1 aromatic heterocycles. The Bertz CT molecular complexity index is 636. The van der Waals surface area contributed by atoms with Crippen molar-refractivity contribution < 1.29 is 18.0 Å². The van der Waals surface area contributed by atoms with Gasteiger partial charge in [-0.05, 0) is 24.3 Å². The number of aromatic nitrogens is 1. The molecule has 1 aromatic carbocycles. The highest BCUT2D eigenvalue weighted by atomic mass is 35.5. The fourth-order valence-corrected chi connectivity index (χ4v) is 2.00. The van der Waals surface area contributed by atoms with E-state index in [1.807, 2.05) is 0 Å². The summed E-state index contributed by atoms with van der Waals surface area (Å²) in [6.45, 7) is -0.377. The van der Waals surface area contributed by atoms with Crippen molar-refractivity contribution in [2.24, 2.45) is 0 Å². The summed E-state index contributed by atoms with van der Waals surface area (Å²) in [7, 11) is 1.34. The number of halogens is 4. The number of fused-ring (bicyclic) bond motifs is 1. The Morgan fingerprint density at radius 1 is 1.35 bits per heavy atom. The summed E-state index contributed by atoms with van der Waals surface area (Å²) in [5.41, 5.74) is 0.953. The van der Waals surface area contributed by atoms with Crippen LogP contribution in [0.15, 0.2) is 24.3 Å². The first kappa shape index (κ1) is 14.7. The fourth-order valence-electron chi connectivity index (χ4n) is 1.82. The Kier molecular flexibility index (Phi) is 3.94. The number of nitrogens with one attached hydrogen (secondary N) is 1. The number of rotatable bonds is 3. The highest BCUT2D eigenvalue weighted by Crippen LogP contribution is 2.22. The van der Waals surface area contributed by atoms with Gasteiger partial charge in [-0.1, -0.05) is 11.6 Å². The second-order valence-electron chi connectivity index (χ2n) is 4.51. The SMILES string of the molecule is CN(CCC(F)(F)F)C(=O)c1cc2cc(Cl)ccc2[nH]1. The van der Waals surface area contributed by atoms with Gasteiger partial charge >= 0.3 is 6.18 Å². The predicted octanol–water partition coefficient (Wildman–Crippen LogP) is 3.85. The summed E-state index contributed by atoms with van der Waals surface area (Å²) in [4.78, 5) is 15.9. The third-order valence-electron chi connectivity index (χ3n) is 2.89. The van der Waals surface area contributed by atoms with E-state index in [1.165, 1.54) is 7.05 Å². The Labute approximate surface area is 118 Å². The van der Waals surface area contributed by atoms with Crippen molar-refractivity contribution in [3.8, 4) is 0 Å². The quantitative estimate of drug-likeness (QED) is 0.918. The molecule has 2 rings (SSSR count). The van der Waals surface area contributed by atoms with Gasteiger partial charge in [-0.15, -0.1) is 0 Å². The maximum absolute atomic E-state index is 12.1. The highest BCUT2D eigenvalue weighted by Gasteiger charge is 2.28. The summed E-state index contributed by atoms with van der Waals surface area (Å²) >= 11 is 5.84. The molecule has 2 aromatic rings. The van der Waals surface area contributed by atoms with Crippen molar-refractivity contribution in [3.63, 3.8) is 0 Å². The molecule has 0 radical (unpaired) electrons. The zero-order valence-electron chi connectivity index (χ0n) is 10.6. The minimum absolute atomic E-state index is 0.243. The summed E-state index contributed by atoms with van der Waals surface area (Å²) in [6, 6.07) is 6.64. The van der Waals surface area contributed by atoms with E-state index in [1.54, 1.807) is 24.3 Å². The normalized spacial score (nSPS) is 11.8. The molecule has 0 aliphatic rings. The second kappa shape index (κ2) is 5.36. The second-order valence-corrected chi connectivity index (χ2v) is 4.94. The number of benzene rings is 1. The number of alkyl halides is 3. The molecule has 0 spiro atoms. The molecule has 0 aliphatic carbocycles. The van der Waals surface area contributed by atoms with Crippen LogP contribution in [0.2, 0.25) is 5.02 Å². The zero-order chi connectivity index (χ0) is 14.9. The zero-order valence-corrected chi connectivity index (χ0v) is 11.3. The van der Waals surface area contributed by atoms with Gasteiger partial charge in [0.2, 0.25) is 0 Å². The number of hydrogen-bond donors (Lipinski definition) is 1. The fraction of sp³-hybridized carbons (Fsp3) is 0.308. The Balaban J connectivity index is 2.14. The third kappa shape index (κ3) is 3.45. The van der Waals surface area contributed by atoms with Crippen LogP contribution < -0.4 is 0 Å². The molecule has 108 valence electrons. The topological polar surface area (TPSA) is 36.1 Å². The minimum atomic E-state index is -4.28. The van der Waals surface area contributed by atoms with Crippen LogP contribution >= 0.6 is 11.6 Å². The summed E-state index contributed by atoms with van der Waals surface area (Å²) in [5, 5.41) is 1.27. The number of carbonyl (C=O) groups excluding carboxylic acids is 1. The average Bonchev–Trinajstić information content (AvgIpc) is 2.76. The molecule has 0 unspecified atom stereocenters. The van der Waals surface area contributed by atoms with Crippen molar-refractivity contribution in [1.82, 2.24) is 9.88 Å². The number of H-pyrrole nitrogens is 1. The molecule has 0 aliphatic heterocycles. The van der Waals surface area contributed by atoms with E-state index in [-0.39, 0.29) is 12.2 Å². The van der Waals surface area contributed by atoms with E-state index < -0.39 is 18.5 Å². The van der Waals surface area contributed by atoms with Gasteiger partial charge in [0, 0.05) is 29.5 Å². The van der Waals surface area contributed by atoms with Gasteiger partial charge in [0.05, 0.1) is 6.42 Å². The van der Waals surface area contributed by atoms with E-state index in [9.17, 15) is 18.0 Å². The smallest absolute Gasteiger partial charge is 0.351 e. The maximum atomic E-state index is 12.1. The highest BCUT2D eigenvalue weighted by molar-refractivity contribution is 6.31. The van der Waals surface area contributed by atoms with E-state index in [4.69, 9.17) is 11.6 Å². The Hall–Kier alpha value is -1.69. The van der Waals surface area contributed by atoms with Crippen LogP contribution in [0.1, 0.15) is 16.9 Å². The molecule has 7 heteroatoms. The van der Waals surface area contributed by atoms with Crippen LogP contribution in [0.5, 0.6) is 0 Å². The molecule has 3 nitrogen and oxygen atoms in total. The van der Waals surface area contributed by atoms with Gasteiger partial charge in [0.1, 0.15) is 5.69 Å². The molecule has 0 saturated heterocycles. The van der Waals surface area contributed by atoms with Crippen LogP contribution in [0.4, 0.5) is 13.2 Å². The molecule has 1 heterocycles. The lowest BCUT2D eigenvalue weighted by Crippen LogP contribution is -2.30. The Morgan fingerprint density at radius 2 is 2.05 bits per heavy atom. The molecule has 0 saturated carbocycles. The van der Waals surface area contributed by atoms with Crippen LogP contribution in [0.25, 0.3) is 10.9 Å². The molecule has 1 amide bonds. The monoisotopic (exact) mass is 304 g/mol. The van der Waals surface area contributed by atoms with E-state index >= 15 is 0 Å². The predicted molar refractivity (Wildman–Crippen MR) is 70.9 cm³/mol. The number of hydrogen-bond acceptors (Lipinski definition) is 1. The van der Waals surface area contributed by atoms with Crippen LogP contribution in [0, 0.1) is 0 Å². The van der Waals surface area contributed by atoms with E-state index in [0.717, 1.165) is 10.3 Å². The first-order valence-corrected chi connectivity index (χ1v) is 6.24. The van der Waals surface area contributed by atoms with Crippen molar-refractivity contribution in [2.75, 3.05) is 13.6 Å². The maximum Gasteiger partial charge on any atom is 0.390 e. The first-order chi connectivity index (χ1) is 9.26. The minimum Gasteiger partial charge on any atom is -0.351 e. The lowest BCUT2D eigenvalue weighted by molar-refractivity contribution is -0.136. The summed E-state index contributed by atoms with van der Waals surface area (Å²) in [5.74, 6) is -0.485. The number of aromatic amines is 1. The van der Waals surface area contributed by atoms with Crippen molar-refractivity contribution in [3.05, 3.63) is 35.0 Å². The van der Waals surface area contributed by atoms with Crippen LogP contribution in [0.3, 0.4) is 0 Å². The van der Waals surface area contributed by atoms with Gasteiger partial charge in [0.15, 0.2) is 0 Å². The molecular formula is C13H12ClF3N2O. The molecule has 0 fully saturated rings. The summed E-state index contributed by atoms with van der Waals surface area (Å²) in [6.07, 6.45) is -5.30. The van der Waals surface area contributed by atoms with Gasteiger partial charge in [0.25, 0.3) is 5.91 Å². The van der Waals surface area contributed by atoms with Gasteiger partial charge in [-0.2, -0.15) is 13.2 Å². The van der Waals surface area contributed by atoms with Gasteiger partial charge in [-0.3, -0.25) is 4.79 Å². The molecule has 0 atom stereocenters. The lowest BCUT2D eigenvalue weighted by Gasteiger charge is -2.17. The lowest BCUT2D eigenvalue weighted by atomic mass is 10.2. The number of amides is 1. The number of carbonyl (C=O) groups is 1. The number of nitrogens with zero attached hydrogens (tertiary/aromatic N) is 1. The largest absolute Gasteiger partial charge is 0.390 e. The molecule has 0 bridgehead atoms. The first-order valence-electron chi connectivity index (χ1n) is 5.87.